The Balaban J connectivity index is 2.35. The van der Waals surface area contributed by atoms with Crippen molar-refractivity contribution in [1.29, 1.82) is 5.26 Å². The predicted octanol–water partition coefficient (Wildman–Crippen LogP) is 3.94. The second-order valence-electron chi connectivity index (χ2n) is 4.51. The summed E-state index contributed by atoms with van der Waals surface area (Å²) in [6.45, 7) is 4.21. The molecule has 0 aliphatic carbocycles. The molecule has 2 rings (SSSR count). The normalized spacial score (nSPS) is 9.89. The molecule has 0 atom stereocenters. The summed E-state index contributed by atoms with van der Waals surface area (Å²) in [5, 5.41) is 8.80. The van der Waals surface area contributed by atoms with Crippen molar-refractivity contribution in [2.45, 2.75) is 13.8 Å². The van der Waals surface area contributed by atoms with Crippen LogP contribution in [-0.4, -0.2) is 7.05 Å². The maximum absolute atomic E-state index is 8.80. The molecule has 0 spiro atoms. The van der Waals surface area contributed by atoms with Gasteiger partial charge < -0.3 is 4.90 Å². The highest BCUT2D eigenvalue weighted by atomic mass is 15.1. The summed E-state index contributed by atoms with van der Waals surface area (Å²) >= 11 is 0. The van der Waals surface area contributed by atoms with Gasteiger partial charge in [-0.25, -0.2) is 0 Å². The third kappa shape index (κ3) is 2.36. The molecule has 0 N–H and O–H groups in total. The first-order valence-corrected chi connectivity index (χ1v) is 5.93. The number of rotatable bonds is 2. The van der Waals surface area contributed by atoms with Gasteiger partial charge in [0.2, 0.25) is 0 Å². The van der Waals surface area contributed by atoms with E-state index in [1.807, 2.05) is 31.3 Å². The number of nitrogens with zero attached hydrogens (tertiary/aromatic N) is 2. The van der Waals surface area contributed by atoms with Crippen molar-refractivity contribution in [2.24, 2.45) is 0 Å². The Labute approximate surface area is 108 Å². The molecule has 0 unspecified atom stereocenters. The Morgan fingerprint density at radius 3 is 2.22 bits per heavy atom. The molecule has 0 saturated carbocycles. The lowest BCUT2D eigenvalue weighted by molar-refractivity contribution is 1.18. The van der Waals surface area contributed by atoms with E-state index in [1.165, 1.54) is 16.8 Å². The molecule has 0 aliphatic heterocycles. The van der Waals surface area contributed by atoms with Crippen LogP contribution in [0, 0.1) is 25.2 Å². The number of hydrogen-bond donors (Lipinski definition) is 0. The molecule has 0 bridgehead atoms. The quantitative estimate of drug-likeness (QED) is 0.789. The minimum atomic E-state index is 0.688. The molecule has 2 aromatic carbocycles. The Hall–Kier alpha value is -2.27. The van der Waals surface area contributed by atoms with Gasteiger partial charge in [-0.15, -0.1) is 0 Å². The largest absolute Gasteiger partial charge is 0.344 e. The zero-order valence-corrected chi connectivity index (χ0v) is 10.9. The Morgan fingerprint density at radius 2 is 1.67 bits per heavy atom. The van der Waals surface area contributed by atoms with E-state index in [4.69, 9.17) is 5.26 Å². The van der Waals surface area contributed by atoms with Gasteiger partial charge in [0.05, 0.1) is 11.6 Å². The summed E-state index contributed by atoms with van der Waals surface area (Å²) < 4.78 is 0. The van der Waals surface area contributed by atoms with E-state index in [1.54, 1.807) is 0 Å². The second-order valence-corrected chi connectivity index (χ2v) is 4.51. The van der Waals surface area contributed by atoms with Crippen molar-refractivity contribution in [2.75, 3.05) is 11.9 Å². The van der Waals surface area contributed by atoms with E-state index in [0.29, 0.717) is 5.56 Å². The van der Waals surface area contributed by atoms with E-state index in [0.717, 1.165) is 5.69 Å². The van der Waals surface area contributed by atoms with Crippen molar-refractivity contribution < 1.29 is 0 Å². The summed E-state index contributed by atoms with van der Waals surface area (Å²) in [7, 11) is 2.04. The minimum absolute atomic E-state index is 0.688. The van der Waals surface area contributed by atoms with Crippen LogP contribution in [0.15, 0.2) is 42.5 Å². The highest BCUT2D eigenvalue weighted by Gasteiger charge is 2.06. The molecular formula is C16H16N2. The van der Waals surface area contributed by atoms with Gasteiger partial charge in [0, 0.05) is 18.4 Å². The predicted molar refractivity (Wildman–Crippen MR) is 75.1 cm³/mol. The van der Waals surface area contributed by atoms with E-state index < -0.39 is 0 Å². The second kappa shape index (κ2) is 4.93. The molecular weight excluding hydrogens is 220 g/mol. The lowest BCUT2D eigenvalue weighted by Gasteiger charge is -2.22. The van der Waals surface area contributed by atoms with Crippen LogP contribution in [0.5, 0.6) is 0 Å². The van der Waals surface area contributed by atoms with Gasteiger partial charge in [-0.2, -0.15) is 5.26 Å². The fourth-order valence-electron chi connectivity index (χ4n) is 2.08. The van der Waals surface area contributed by atoms with E-state index in [-0.39, 0.29) is 0 Å². The van der Waals surface area contributed by atoms with Gasteiger partial charge in [-0.1, -0.05) is 17.7 Å². The van der Waals surface area contributed by atoms with Gasteiger partial charge >= 0.3 is 0 Å². The molecule has 2 aromatic rings. The SMILES string of the molecule is Cc1ccc(N(C)c2ccc(C#N)cc2)c(C)c1. The first-order valence-electron chi connectivity index (χ1n) is 5.93. The number of anilines is 2. The lowest BCUT2D eigenvalue weighted by atomic mass is 10.1. The van der Waals surface area contributed by atoms with Crippen molar-refractivity contribution in [3.63, 3.8) is 0 Å². The Kier molecular flexibility index (Phi) is 3.34. The summed E-state index contributed by atoms with van der Waals surface area (Å²) in [4.78, 5) is 2.13. The smallest absolute Gasteiger partial charge is 0.0991 e. The van der Waals surface area contributed by atoms with Gasteiger partial charge in [-0.3, -0.25) is 0 Å². The number of aryl methyl sites for hydroxylation is 2. The highest BCUT2D eigenvalue weighted by molar-refractivity contribution is 5.66. The van der Waals surface area contributed by atoms with Gasteiger partial charge in [0.25, 0.3) is 0 Å². The first-order chi connectivity index (χ1) is 8.61. The van der Waals surface area contributed by atoms with E-state index >= 15 is 0 Å². The van der Waals surface area contributed by atoms with Crippen LogP contribution in [0.3, 0.4) is 0 Å². The standard InChI is InChI=1S/C16H16N2/c1-12-4-9-16(13(2)10-12)18(3)15-7-5-14(11-17)6-8-15/h4-10H,1-3H3. The summed E-state index contributed by atoms with van der Waals surface area (Å²) in [6.07, 6.45) is 0. The summed E-state index contributed by atoms with van der Waals surface area (Å²) in [5.74, 6) is 0. The van der Waals surface area contributed by atoms with E-state index in [9.17, 15) is 0 Å². The summed E-state index contributed by atoms with van der Waals surface area (Å²) in [5.41, 5.74) is 5.48. The lowest BCUT2D eigenvalue weighted by Crippen LogP contribution is -2.10. The molecule has 0 radical (unpaired) electrons. The van der Waals surface area contributed by atoms with Crippen LogP contribution in [0.25, 0.3) is 0 Å². The van der Waals surface area contributed by atoms with Gasteiger partial charge in [0.15, 0.2) is 0 Å². The van der Waals surface area contributed by atoms with Crippen molar-refractivity contribution in [3.8, 4) is 6.07 Å². The third-order valence-corrected chi connectivity index (χ3v) is 3.10. The third-order valence-electron chi connectivity index (χ3n) is 3.10. The monoisotopic (exact) mass is 236 g/mol. The average Bonchev–Trinajstić information content (AvgIpc) is 2.38. The van der Waals surface area contributed by atoms with Crippen LogP contribution in [0.4, 0.5) is 11.4 Å². The maximum atomic E-state index is 8.80. The van der Waals surface area contributed by atoms with Crippen molar-refractivity contribution >= 4 is 11.4 Å². The zero-order valence-electron chi connectivity index (χ0n) is 10.9. The van der Waals surface area contributed by atoms with Crippen LogP contribution >= 0.6 is 0 Å². The van der Waals surface area contributed by atoms with Crippen molar-refractivity contribution in [3.05, 3.63) is 59.2 Å². The highest BCUT2D eigenvalue weighted by Crippen LogP contribution is 2.27. The van der Waals surface area contributed by atoms with Crippen LogP contribution in [0.1, 0.15) is 16.7 Å². The average molecular weight is 236 g/mol. The molecule has 0 amide bonds. The number of hydrogen-bond acceptors (Lipinski definition) is 2. The van der Waals surface area contributed by atoms with E-state index in [2.05, 4.69) is 43.0 Å². The van der Waals surface area contributed by atoms with Crippen LogP contribution in [-0.2, 0) is 0 Å². The topological polar surface area (TPSA) is 27.0 Å². The molecule has 90 valence electrons. The minimum Gasteiger partial charge on any atom is -0.344 e. The molecule has 0 saturated heterocycles. The molecule has 18 heavy (non-hydrogen) atoms. The molecule has 2 heteroatoms. The van der Waals surface area contributed by atoms with Gasteiger partial charge in [0.1, 0.15) is 0 Å². The fourth-order valence-corrected chi connectivity index (χ4v) is 2.08. The Bertz CT molecular complexity index is 591. The number of benzene rings is 2. The van der Waals surface area contributed by atoms with Gasteiger partial charge in [-0.05, 0) is 49.7 Å². The first kappa shape index (κ1) is 12.2. The molecule has 0 heterocycles. The molecule has 0 fully saturated rings. The number of nitriles is 1. The summed E-state index contributed by atoms with van der Waals surface area (Å²) in [6, 6.07) is 16.2. The van der Waals surface area contributed by atoms with Crippen LogP contribution in [0.2, 0.25) is 0 Å². The van der Waals surface area contributed by atoms with Crippen LogP contribution < -0.4 is 4.90 Å². The maximum Gasteiger partial charge on any atom is 0.0991 e. The molecule has 0 aromatic heterocycles. The fraction of sp³-hybridized carbons (Fsp3) is 0.188. The van der Waals surface area contributed by atoms with Crippen molar-refractivity contribution in [1.82, 2.24) is 0 Å². The molecule has 2 nitrogen and oxygen atoms in total. The zero-order chi connectivity index (χ0) is 13.1. The Morgan fingerprint density at radius 1 is 1.00 bits per heavy atom. The molecule has 0 aliphatic rings.